The summed E-state index contributed by atoms with van der Waals surface area (Å²) in [5.74, 6) is 0.286. The molecule has 2 amide bonds. The van der Waals surface area contributed by atoms with Gasteiger partial charge in [0.05, 0.1) is 12.1 Å². The van der Waals surface area contributed by atoms with Crippen molar-refractivity contribution in [3.63, 3.8) is 0 Å². The number of hydrogen-bond acceptors (Lipinski definition) is 3. The molecule has 2 rings (SSSR count). The molecule has 0 aromatic carbocycles. The zero-order chi connectivity index (χ0) is 15.6. The van der Waals surface area contributed by atoms with Crippen molar-refractivity contribution in [2.75, 3.05) is 13.7 Å². The lowest BCUT2D eigenvalue weighted by Gasteiger charge is -2.48. The molecule has 2 aliphatic rings. The van der Waals surface area contributed by atoms with Crippen molar-refractivity contribution in [2.24, 2.45) is 5.92 Å². The minimum Gasteiger partial charge on any atom is -0.382 e. The summed E-state index contributed by atoms with van der Waals surface area (Å²) in [6, 6.07) is -0.798. The van der Waals surface area contributed by atoms with Crippen LogP contribution in [0.4, 0.5) is 0 Å². The average Bonchev–Trinajstić information content (AvgIpc) is 2.43. The van der Waals surface area contributed by atoms with Crippen LogP contribution in [0.2, 0.25) is 0 Å². The van der Waals surface area contributed by atoms with Gasteiger partial charge >= 0.3 is 0 Å². The highest BCUT2D eigenvalue weighted by Crippen LogP contribution is 2.31. The molecule has 0 radical (unpaired) electrons. The van der Waals surface area contributed by atoms with E-state index >= 15 is 0 Å². The highest BCUT2D eigenvalue weighted by atomic mass is 16.5. The van der Waals surface area contributed by atoms with E-state index in [4.69, 9.17) is 4.74 Å². The molecule has 0 bridgehead atoms. The maximum atomic E-state index is 13.0. The van der Waals surface area contributed by atoms with E-state index in [1.165, 1.54) is 6.42 Å². The van der Waals surface area contributed by atoms with E-state index in [1.54, 1.807) is 18.9 Å². The summed E-state index contributed by atoms with van der Waals surface area (Å²) in [5.41, 5.74) is -0.476. The molecule has 1 saturated carbocycles. The molecule has 1 aliphatic carbocycles. The molecule has 1 N–H and O–H groups in total. The molecule has 5 nitrogen and oxygen atoms in total. The molecule has 1 saturated heterocycles. The number of nitrogens with zero attached hydrogens (tertiary/aromatic N) is 1. The molecule has 5 heteroatoms. The van der Waals surface area contributed by atoms with Crippen LogP contribution in [-0.4, -0.2) is 48.1 Å². The number of carbonyl (C=O) groups is 2. The fourth-order valence-corrected chi connectivity index (χ4v) is 3.83. The summed E-state index contributed by atoms with van der Waals surface area (Å²) >= 11 is 0. The number of amides is 2. The van der Waals surface area contributed by atoms with Gasteiger partial charge in [0.15, 0.2) is 0 Å². The molecule has 2 fully saturated rings. The first-order valence-corrected chi connectivity index (χ1v) is 8.01. The minimum atomic E-state index is -0.476. The zero-order valence-corrected chi connectivity index (χ0v) is 13.6. The lowest BCUT2D eigenvalue weighted by molar-refractivity contribution is -0.159. The van der Waals surface area contributed by atoms with Gasteiger partial charge in [-0.2, -0.15) is 0 Å². The highest BCUT2D eigenvalue weighted by molar-refractivity contribution is 5.97. The summed E-state index contributed by atoms with van der Waals surface area (Å²) in [5, 5.41) is 2.96. The maximum Gasteiger partial charge on any atom is 0.246 e. The first-order chi connectivity index (χ1) is 9.88. The third-order valence-electron chi connectivity index (χ3n) is 4.84. The number of hydrogen-bond donors (Lipinski definition) is 1. The van der Waals surface area contributed by atoms with Crippen molar-refractivity contribution in [1.29, 1.82) is 0 Å². The predicted octanol–water partition coefficient (Wildman–Crippen LogP) is 1.71. The number of carbonyl (C=O) groups excluding carboxylic acids is 2. The lowest BCUT2D eigenvalue weighted by atomic mass is 9.81. The van der Waals surface area contributed by atoms with Crippen LogP contribution in [0, 0.1) is 5.92 Å². The Bertz CT molecular complexity index is 402. The van der Waals surface area contributed by atoms with Gasteiger partial charge in [0.2, 0.25) is 11.8 Å². The minimum absolute atomic E-state index is 0.0469. The Kier molecular flexibility index (Phi) is 4.91. The van der Waals surface area contributed by atoms with Gasteiger partial charge < -0.3 is 15.0 Å². The third-order valence-corrected chi connectivity index (χ3v) is 4.84. The van der Waals surface area contributed by atoms with Crippen molar-refractivity contribution in [3.05, 3.63) is 0 Å². The van der Waals surface area contributed by atoms with Crippen molar-refractivity contribution >= 4 is 11.8 Å². The van der Waals surface area contributed by atoms with Gasteiger partial charge in [-0.1, -0.05) is 19.3 Å². The van der Waals surface area contributed by atoms with E-state index < -0.39 is 11.6 Å². The van der Waals surface area contributed by atoms with Crippen LogP contribution < -0.4 is 5.32 Å². The van der Waals surface area contributed by atoms with Gasteiger partial charge in [0.1, 0.15) is 12.1 Å². The summed E-state index contributed by atoms with van der Waals surface area (Å²) < 4.78 is 5.25. The Morgan fingerprint density at radius 3 is 2.43 bits per heavy atom. The quantitative estimate of drug-likeness (QED) is 0.859. The standard InChI is InChI=1S/C16H28N2O3/c1-11-14(19)17-13(12-8-6-5-7-9-12)15(20)18(11)16(2,3)10-21-4/h11-13H,5-10H2,1-4H3,(H,17,19). The van der Waals surface area contributed by atoms with Gasteiger partial charge in [-0.05, 0) is 39.5 Å². The lowest BCUT2D eigenvalue weighted by Crippen LogP contribution is -2.69. The second-order valence-electron chi connectivity index (χ2n) is 7.01. The molecular weight excluding hydrogens is 268 g/mol. The Balaban J connectivity index is 2.22. The summed E-state index contributed by atoms with van der Waals surface area (Å²) in [7, 11) is 1.62. The second-order valence-corrected chi connectivity index (χ2v) is 7.01. The van der Waals surface area contributed by atoms with Crippen LogP contribution in [0.3, 0.4) is 0 Å². The monoisotopic (exact) mass is 296 g/mol. The summed E-state index contributed by atoms with van der Waals surface area (Å²) in [4.78, 5) is 27.0. The molecule has 1 aliphatic heterocycles. The fourth-order valence-electron chi connectivity index (χ4n) is 3.83. The molecule has 120 valence electrons. The van der Waals surface area contributed by atoms with Crippen LogP contribution in [-0.2, 0) is 14.3 Å². The molecule has 21 heavy (non-hydrogen) atoms. The summed E-state index contributed by atoms with van der Waals surface area (Å²) in [6.45, 7) is 6.14. The smallest absolute Gasteiger partial charge is 0.246 e. The Labute approximate surface area is 127 Å². The normalized spacial score (nSPS) is 28.7. The predicted molar refractivity (Wildman–Crippen MR) is 80.8 cm³/mol. The van der Waals surface area contributed by atoms with Crippen molar-refractivity contribution < 1.29 is 14.3 Å². The molecular formula is C16H28N2O3. The Morgan fingerprint density at radius 1 is 1.24 bits per heavy atom. The second kappa shape index (κ2) is 6.34. The van der Waals surface area contributed by atoms with E-state index in [0.717, 1.165) is 25.7 Å². The number of rotatable bonds is 4. The fraction of sp³-hybridized carbons (Fsp3) is 0.875. The molecule has 0 spiro atoms. The molecule has 2 atom stereocenters. The Hall–Kier alpha value is -1.10. The van der Waals surface area contributed by atoms with Crippen LogP contribution in [0.15, 0.2) is 0 Å². The van der Waals surface area contributed by atoms with E-state index in [9.17, 15) is 9.59 Å². The van der Waals surface area contributed by atoms with Gasteiger partial charge in [0.25, 0.3) is 0 Å². The highest BCUT2D eigenvalue weighted by Gasteiger charge is 2.47. The SMILES string of the molecule is COCC(C)(C)N1C(=O)C(C2CCCCC2)NC(=O)C1C. The first-order valence-electron chi connectivity index (χ1n) is 8.01. The van der Waals surface area contributed by atoms with E-state index in [-0.39, 0.29) is 23.8 Å². The zero-order valence-electron chi connectivity index (χ0n) is 13.6. The molecule has 2 unspecified atom stereocenters. The van der Waals surface area contributed by atoms with Crippen molar-refractivity contribution in [1.82, 2.24) is 10.2 Å². The summed E-state index contributed by atoms with van der Waals surface area (Å²) in [6.07, 6.45) is 5.61. The van der Waals surface area contributed by atoms with Crippen LogP contribution in [0.5, 0.6) is 0 Å². The van der Waals surface area contributed by atoms with Crippen LogP contribution >= 0.6 is 0 Å². The molecule has 0 aromatic heterocycles. The van der Waals surface area contributed by atoms with E-state index in [1.807, 2.05) is 13.8 Å². The molecule has 0 aromatic rings. The van der Waals surface area contributed by atoms with Crippen LogP contribution in [0.1, 0.15) is 52.9 Å². The van der Waals surface area contributed by atoms with Gasteiger partial charge in [0, 0.05) is 7.11 Å². The Morgan fingerprint density at radius 2 is 1.86 bits per heavy atom. The number of ether oxygens (including phenoxy) is 1. The van der Waals surface area contributed by atoms with Gasteiger partial charge in [-0.25, -0.2) is 0 Å². The average molecular weight is 296 g/mol. The number of nitrogens with one attached hydrogen (secondary N) is 1. The van der Waals surface area contributed by atoms with E-state index in [2.05, 4.69) is 5.32 Å². The maximum absolute atomic E-state index is 13.0. The number of methoxy groups -OCH3 is 1. The number of piperazine rings is 1. The third kappa shape index (κ3) is 3.23. The molecule has 1 heterocycles. The van der Waals surface area contributed by atoms with Crippen molar-refractivity contribution in [2.45, 2.75) is 70.5 Å². The largest absolute Gasteiger partial charge is 0.382 e. The van der Waals surface area contributed by atoms with Gasteiger partial charge in [-0.3, -0.25) is 9.59 Å². The van der Waals surface area contributed by atoms with E-state index in [0.29, 0.717) is 6.61 Å². The first kappa shape index (κ1) is 16.3. The topological polar surface area (TPSA) is 58.6 Å². The van der Waals surface area contributed by atoms with Gasteiger partial charge in [-0.15, -0.1) is 0 Å². The van der Waals surface area contributed by atoms with Crippen LogP contribution in [0.25, 0.3) is 0 Å². The van der Waals surface area contributed by atoms with Crippen molar-refractivity contribution in [3.8, 4) is 0 Å².